The third-order valence-corrected chi connectivity index (χ3v) is 4.32. The van der Waals surface area contributed by atoms with E-state index in [4.69, 9.17) is 0 Å². The Balaban J connectivity index is 0.00000162. The quantitative estimate of drug-likeness (QED) is 0.624. The predicted octanol–water partition coefficient (Wildman–Crippen LogP) is 4.16. The number of hydrogen-bond donors (Lipinski definition) is 1. The first kappa shape index (κ1) is 16.1. The zero-order valence-electron chi connectivity index (χ0n) is 11.2. The van der Waals surface area contributed by atoms with Gasteiger partial charge in [0.25, 0.3) is 0 Å². The van der Waals surface area contributed by atoms with Crippen LogP contribution in [0.15, 0.2) is 11.8 Å². The molecule has 0 heterocycles. The van der Waals surface area contributed by atoms with Gasteiger partial charge in [0.2, 0.25) is 0 Å². The van der Waals surface area contributed by atoms with Crippen molar-refractivity contribution in [1.29, 1.82) is 0 Å². The van der Waals surface area contributed by atoms with Crippen LogP contribution in [0.5, 0.6) is 0 Å². The van der Waals surface area contributed by atoms with E-state index in [1.165, 1.54) is 38.5 Å². The third kappa shape index (κ3) is 4.65. The Labute approximate surface area is 129 Å². The zero-order chi connectivity index (χ0) is 12.1. The summed E-state index contributed by atoms with van der Waals surface area (Å²) in [6.07, 6.45) is 13.0. The molecular weight excluding hydrogens is 303 g/mol. The van der Waals surface area contributed by atoms with Gasteiger partial charge in [-0.25, -0.2) is 0 Å². The van der Waals surface area contributed by atoms with E-state index in [0.29, 0.717) is 5.76 Å². The third-order valence-electron chi connectivity index (χ3n) is 4.32. The Morgan fingerprint density at radius 2 is 1.28 bits per heavy atom. The molecule has 0 aromatic heterocycles. The Bertz CT molecular complexity index is 287. The van der Waals surface area contributed by atoms with Crippen LogP contribution in [-0.2, 0) is 31.0 Å². The van der Waals surface area contributed by atoms with E-state index in [1.807, 2.05) is 0 Å². The molecule has 2 aliphatic carbocycles. The van der Waals surface area contributed by atoms with E-state index in [2.05, 4.69) is 0 Å². The number of aliphatic hydroxyl groups excluding tert-OH is 1. The van der Waals surface area contributed by atoms with Crippen molar-refractivity contribution in [2.75, 3.05) is 0 Å². The van der Waals surface area contributed by atoms with Crippen LogP contribution in [-0.4, -0.2) is 10.9 Å². The SMILES string of the molecule is O=C(/C=C(\O)C1CCCCC1)C1CCCCC1.[Zr]. The summed E-state index contributed by atoms with van der Waals surface area (Å²) >= 11 is 0. The smallest absolute Gasteiger partial charge is 0.162 e. The van der Waals surface area contributed by atoms with Gasteiger partial charge in [0.1, 0.15) is 0 Å². The van der Waals surface area contributed by atoms with Crippen LogP contribution >= 0.6 is 0 Å². The van der Waals surface area contributed by atoms with E-state index in [9.17, 15) is 9.90 Å². The molecule has 2 saturated carbocycles. The van der Waals surface area contributed by atoms with Crippen molar-refractivity contribution in [2.45, 2.75) is 64.2 Å². The number of aliphatic hydroxyl groups is 1. The molecule has 0 bridgehead atoms. The van der Waals surface area contributed by atoms with Gasteiger partial charge in [-0.3, -0.25) is 4.79 Å². The van der Waals surface area contributed by atoms with Crippen molar-refractivity contribution in [2.24, 2.45) is 11.8 Å². The molecule has 0 aromatic carbocycles. The molecule has 3 heteroatoms. The fraction of sp³-hybridized carbons (Fsp3) is 0.800. The maximum absolute atomic E-state index is 12.0. The van der Waals surface area contributed by atoms with Crippen LogP contribution in [0.4, 0.5) is 0 Å². The first-order valence-corrected chi connectivity index (χ1v) is 7.22. The van der Waals surface area contributed by atoms with Crippen molar-refractivity contribution < 1.29 is 36.1 Å². The summed E-state index contributed by atoms with van der Waals surface area (Å²) in [5, 5.41) is 10.0. The van der Waals surface area contributed by atoms with Gasteiger partial charge in [0, 0.05) is 44.1 Å². The van der Waals surface area contributed by atoms with E-state index in [1.54, 1.807) is 6.08 Å². The van der Waals surface area contributed by atoms with Crippen LogP contribution < -0.4 is 0 Å². The number of carbonyl (C=O) groups is 1. The molecule has 2 nitrogen and oxygen atoms in total. The molecule has 1 N–H and O–H groups in total. The van der Waals surface area contributed by atoms with Crippen molar-refractivity contribution in [3.63, 3.8) is 0 Å². The molecule has 2 aliphatic rings. The predicted molar refractivity (Wildman–Crippen MR) is 68.9 cm³/mol. The molecule has 2 rings (SSSR count). The van der Waals surface area contributed by atoms with Gasteiger partial charge in [0.05, 0.1) is 5.76 Å². The molecule has 0 saturated heterocycles. The number of allylic oxidation sites excluding steroid dienone is 2. The average Bonchev–Trinajstić information content (AvgIpc) is 2.40. The standard InChI is InChI=1S/C15H24O2.Zr/c16-14(12-7-3-1-4-8-12)11-15(17)13-9-5-2-6-10-13;/h11-13,16H,1-10H2;/b14-11-;. The number of rotatable bonds is 3. The van der Waals surface area contributed by atoms with Gasteiger partial charge in [-0.05, 0) is 25.7 Å². The van der Waals surface area contributed by atoms with Crippen molar-refractivity contribution >= 4 is 5.78 Å². The van der Waals surface area contributed by atoms with Crippen LogP contribution in [0, 0.1) is 11.8 Å². The summed E-state index contributed by atoms with van der Waals surface area (Å²) in [7, 11) is 0. The molecule has 0 spiro atoms. The average molecular weight is 328 g/mol. The normalized spacial score (nSPS) is 23.4. The minimum atomic E-state index is 0. The second-order valence-electron chi connectivity index (χ2n) is 5.64. The maximum Gasteiger partial charge on any atom is 0.162 e. The van der Waals surface area contributed by atoms with Crippen molar-refractivity contribution in [1.82, 2.24) is 0 Å². The topological polar surface area (TPSA) is 37.3 Å². The molecule has 0 aromatic rings. The maximum atomic E-state index is 12.0. The van der Waals surface area contributed by atoms with Crippen LogP contribution in [0.25, 0.3) is 0 Å². The first-order valence-electron chi connectivity index (χ1n) is 7.22. The molecule has 2 fully saturated rings. The summed E-state index contributed by atoms with van der Waals surface area (Å²) in [5.41, 5.74) is 0. The Kier molecular flexibility index (Phi) is 7.45. The van der Waals surface area contributed by atoms with E-state index < -0.39 is 0 Å². The molecule has 0 unspecified atom stereocenters. The number of hydrogen-bond acceptors (Lipinski definition) is 2. The second kappa shape index (κ2) is 8.30. The molecule has 0 aliphatic heterocycles. The van der Waals surface area contributed by atoms with Gasteiger partial charge < -0.3 is 5.11 Å². The molecule has 18 heavy (non-hydrogen) atoms. The van der Waals surface area contributed by atoms with Crippen LogP contribution in [0.1, 0.15) is 64.2 Å². The summed E-state index contributed by atoms with van der Waals surface area (Å²) in [6.45, 7) is 0. The van der Waals surface area contributed by atoms with E-state index in [0.717, 1.165) is 25.7 Å². The fourth-order valence-corrected chi connectivity index (χ4v) is 3.17. The van der Waals surface area contributed by atoms with Gasteiger partial charge in [0.15, 0.2) is 5.78 Å². The summed E-state index contributed by atoms with van der Waals surface area (Å²) < 4.78 is 0. The van der Waals surface area contributed by atoms with Gasteiger partial charge in [-0.2, -0.15) is 0 Å². The molecular formula is C15H24O2Zr. The minimum Gasteiger partial charge on any atom is -0.512 e. The zero-order valence-corrected chi connectivity index (χ0v) is 13.6. The summed E-state index contributed by atoms with van der Waals surface area (Å²) in [4.78, 5) is 12.0. The van der Waals surface area contributed by atoms with Gasteiger partial charge in [-0.1, -0.05) is 38.5 Å². The van der Waals surface area contributed by atoms with Crippen LogP contribution in [0.3, 0.4) is 0 Å². The van der Waals surface area contributed by atoms with Crippen molar-refractivity contribution in [3.05, 3.63) is 11.8 Å². The molecule has 0 amide bonds. The molecule has 0 radical (unpaired) electrons. The van der Waals surface area contributed by atoms with Gasteiger partial charge in [-0.15, -0.1) is 0 Å². The van der Waals surface area contributed by atoms with E-state index in [-0.39, 0.29) is 43.8 Å². The monoisotopic (exact) mass is 326 g/mol. The largest absolute Gasteiger partial charge is 0.512 e. The Morgan fingerprint density at radius 1 is 0.833 bits per heavy atom. The molecule has 100 valence electrons. The van der Waals surface area contributed by atoms with Crippen LogP contribution in [0.2, 0.25) is 0 Å². The van der Waals surface area contributed by atoms with Gasteiger partial charge >= 0.3 is 0 Å². The van der Waals surface area contributed by atoms with Crippen molar-refractivity contribution in [3.8, 4) is 0 Å². The Morgan fingerprint density at radius 3 is 1.78 bits per heavy atom. The summed E-state index contributed by atoms with van der Waals surface area (Å²) in [5.74, 6) is 0.985. The molecule has 0 atom stereocenters. The number of ketones is 1. The second-order valence-corrected chi connectivity index (χ2v) is 5.64. The summed E-state index contributed by atoms with van der Waals surface area (Å²) in [6, 6.07) is 0. The van der Waals surface area contributed by atoms with E-state index >= 15 is 0 Å². The minimum absolute atomic E-state index is 0. The fourth-order valence-electron chi connectivity index (χ4n) is 3.17. The first-order chi connectivity index (χ1) is 8.27. The number of carbonyl (C=O) groups excluding carboxylic acids is 1. The Hall–Kier alpha value is 0.0931.